The average Bonchev–Trinajstić information content (AvgIpc) is 3.42. The summed E-state index contributed by atoms with van der Waals surface area (Å²) in [6, 6.07) is -0.0168. The molecule has 1 saturated heterocycles. The number of hydrogen-bond donors (Lipinski definition) is 2. The van der Waals surface area contributed by atoms with E-state index in [-0.39, 0.29) is 23.8 Å². The summed E-state index contributed by atoms with van der Waals surface area (Å²) >= 11 is 2.72. The minimum Gasteiger partial charge on any atom is -0.349 e. The Labute approximate surface area is 190 Å². The van der Waals surface area contributed by atoms with E-state index in [0.717, 1.165) is 48.5 Å². The van der Waals surface area contributed by atoms with Crippen LogP contribution in [-0.2, 0) is 11.2 Å². The number of rotatable bonds is 9. The van der Waals surface area contributed by atoms with Crippen molar-refractivity contribution < 1.29 is 14.4 Å². The van der Waals surface area contributed by atoms with Gasteiger partial charge in [0.2, 0.25) is 5.91 Å². The summed E-state index contributed by atoms with van der Waals surface area (Å²) < 4.78 is 0. The molecule has 3 amide bonds. The molecule has 0 aromatic carbocycles. The van der Waals surface area contributed by atoms with Gasteiger partial charge in [0, 0.05) is 54.2 Å². The summed E-state index contributed by atoms with van der Waals surface area (Å²) in [4.78, 5) is 48.8. The van der Waals surface area contributed by atoms with Crippen molar-refractivity contribution in [3.63, 3.8) is 0 Å². The van der Waals surface area contributed by atoms with Crippen LogP contribution in [0.2, 0.25) is 0 Å². The van der Waals surface area contributed by atoms with E-state index in [4.69, 9.17) is 0 Å². The van der Waals surface area contributed by atoms with Crippen LogP contribution in [0.25, 0.3) is 0 Å². The summed E-state index contributed by atoms with van der Waals surface area (Å²) in [5.74, 6) is -0.305. The molecule has 168 valence electrons. The van der Waals surface area contributed by atoms with Crippen molar-refractivity contribution >= 4 is 40.4 Å². The molecular weight excluding hydrogens is 434 g/mol. The molecule has 31 heavy (non-hydrogen) atoms. The van der Waals surface area contributed by atoms with Crippen molar-refractivity contribution in [1.29, 1.82) is 0 Å². The maximum Gasteiger partial charge on any atom is 0.280 e. The Morgan fingerprint density at radius 3 is 2.48 bits per heavy atom. The van der Waals surface area contributed by atoms with Crippen LogP contribution in [0.4, 0.5) is 0 Å². The summed E-state index contributed by atoms with van der Waals surface area (Å²) in [6.07, 6.45) is 8.48. The van der Waals surface area contributed by atoms with E-state index in [1.807, 2.05) is 18.7 Å². The number of amides is 3. The maximum atomic E-state index is 12.3. The number of nitrogens with one attached hydrogen (secondary N) is 2. The van der Waals surface area contributed by atoms with Crippen molar-refractivity contribution in [2.75, 3.05) is 19.6 Å². The van der Waals surface area contributed by atoms with E-state index in [9.17, 15) is 14.4 Å². The number of piperidine rings is 1. The highest BCUT2D eigenvalue weighted by Crippen LogP contribution is 2.16. The van der Waals surface area contributed by atoms with E-state index in [2.05, 4.69) is 20.6 Å². The lowest BCUT2D eigenvalue weighted by Crippen LogP contribution is -2.37. The highest BCUT2D eigenvalue weighted by atomic mass is 32.1. The molecule has 0 aliphatic carbocycles. The fraction of sp³-hybridized carbons (Fsp3) is 0.571. The maximum absolute atomic E-state index is 12.3. The lowest BCUT2D eigenvalue weighted by molar-refractivity contribution is -0.131. The number of likely N-dealkylation sites (tertiary alicyclic amines) is 1. The van der Waals surface area contributed by atoms with Crippen molar-refractivity contribution in [3.8, 4) is 0 Å². The Kier molecular flexibility index (Phi) is 8.53. The van der Waals surface area contributed by atoms with E-state index < -0.39 is 0 Å². The first kappa shape index (κ1) is 23.3. The molecule has 0 spiro atoms. The second kappa shape index (κ2) is 11.3. The van der Waals surface area contributed by atoms with Crippen LogP contribution in [0.15, 0.2) is 12.4 Å². The quantitative estimate of drug-likeness (QED) is 0.595. The Bertz CT molecular complexity index is 904. The number of carbonyl (C=O) groups is 3. The van der Waals surface area contributed by atoms with Gasteiger partial charge in [-0.15, -0.1) is 22.7 Å². The van der Waals surface area contributed by atoms with Crippen LogP contribution >= 0.6 is 22.7 Å². The Morgan fingerprint density at radius 2 is 1.77 bits per heavy atom. The Balaban J connectivity index is 1.37. The number of aryl methyl sites for hydroxylation is 2. The van der Waals surface area contributed by atoms with Gasteiger partial charge < -0.3 is 15.5 Å². The molecule has 0 bridgehead atoms. The number of hydrogen-bond acceptors (Lipinski definition) is 7. The zero-order valence-corrected chi connectivity index (χ0v) is 19.6. The molecule has 10 heteroatoms. The van der Waals surface area contributed by atoms with Crippen molar-refractivity contribution in [1.82, 2.24) is 25.5 Å². The highest BCUT2D eigenvalue weighted by Gasteiger charge is 2.18. The molecular formula is C21H29N5O3S2. The normalized spacial score (nSPS) is 14.8. The molecule has 1 atom stereocenters. The van der Waals surface area contributed by atoms with Crippen molar-refractivity contribution in [2.45, 2.75) is 58.4 Å². The van der Waals surface area contributed by atoms with E-state index in [1.165, 1.54) is 29.1 Å². The second-order valence-corrected chi connectivity index (χ2v) is 10.1. The van der Waals surface area contributed by atoms with E-state index in [1.54, 1.807) is 12.4 Å². The number of aromatic nitrogens is 2. The van der Waals surface area contributed by atoms with Gasteiger partial charge >= 0.3 is 0 Å². The summed E-state index contributed by atoms with van der Waals surface area (Å²) in [5.41, 5.74) is 0. The minimum absolute atomic E-state index is 0.0168. The smallest absolute Gasteiger partial charge is 0.280 e. The molecule has 1 aliphatic heterocycles. The van der Waals surface area contributed by atoms with Gasteiger partial charge in [0.15, 0.2) is 10.0 Å². The van der Waals surface area contributed by atoms with Crippen LogP contribution < -0.4 is 10.6 Å². The van der Waals surface area contributed by atoms with Crippen molar-refractivity contribution in [2.24, 2.45) is 0 Å². The second-order valence-electron chi connectivity index (χ2n) is 7.77. The van der Waals surface area contributed by atoms with Crippen LogP contribution in [0.1, 0.15) is 68.4 Å². The molecule has 2 N–H and O–H groups in total. The number of nitrogens with zero attached hydrogens (tertiary/aromatic N) is 3. The first-order valence-corrected chi connectivity index (χ1v) is 12.3. The van der Waals surface area contributed by atoms with Crippen LogP contribution in [0.5, 0.6) is 0 Å². The highest BCUT2D eigenvalue weighted by molar-refractivity contribution is 7.13. The number of carbonyl (C=O) groups excluding carboxylic acids is 3. The van der Waals surface area contributed by atoms with Gasteiger partial charge in [-0.05, 0) is 46.0 Å². The summed E-state index contributed by atoms with van der Waals surface area (Å²) in [6.45, 7) is 5.84. The molecule has 2 aromatic rings. The topological polar surface area (TPSA) is 104 Å². The lowest BCUT2D eigenvalue weighted by Gasteiger charge is -2.26. The molecule has 1 fully saturated rings. The van der Waals surface area contributed by atoms with Crippen molar-refractivity contribution in [3.05, 3.63) is 32.2 Å². The molecule has 3 rings (SSSR count). The molecule has 1 unspecified atom stereocenters. The van der Waals surface area contributed by atoms with Gasteiger partial charge in [0.05, 0.1) is 0 Å². The molecule has 1 aliphatic rings. The lowest BCUT2D eigenvalue weighted by atomic mass is 10.1. The van der Waals surface area contributed by atoms with Gasteiger partial charge in [-0.25, -0.2) is 9.97 Å². The summed E-state index contributed by atoms with van der Waals surface area (Å²) in [7, 11) is 0. The number of thiazole rings is 2. The van der Waals surface area contributed by atoms with Gasteiger partial charge in [-0.3, -0.25) is 14.4 Å². The third kappa shape index (κ3) is 7.10. The molecule has 2 aromatic heterocycles. The van der Waals surface area contributed by atoms with Crippen LogP contribution in [0, 0.1) is 6.92 Å². The van der Waals surface area contributed by atoms with E-state index in [0.29, 0.717) is 23.0 Å². The Hall–Kier alpha value is -2.33. The zero-order chi connectivity index (χ0) is 22.2. The first-order valence-electron chi connectivity index (χ1n) is 10.7. The predicted octanol–water partition coefficient (Wildman–Crippen LogP) is 2.79. The third-order valence-electron chi connectivity index (χ3n) is 5.10. The standard InChI is InChI=1S/C21H29N5O3S2/c1-14(25-19(29)21-23-12-15(2)30-21)6-7-16-13-24-20(31-16)18(28)22-9-8-17(27)26-10-4-3-5-11-26/h12-14H,3-11H2,1-2H3,(H,22,28)(H,25,29). The molecule has 0 radical (unpaired) electrons. The minimum atomic E-state index is -0.247. The van der Waals surface area contributed by atoms with E-state index >= 15 is 0 Å². The molecule has 0 saturated carbocycles. The van der Waals surface area contributed by atoms with Gasteiger partial charge in [-0.1, -0.05) is 0 Å². The fourth-order valence-electron chi connectivity index (χ4n) is 3.36. The summed E-state index contributed by atoms with van der Waals surface area (Å²) in [5, 5.41) is 6.62. The molecule has 3 heterocycles. The van der Waals surface area contributed by atoms with Gasteiger partial charge in [-0.2, -0.15) is 0 Å². The monoisotopic (exact) mass is 463 g/mol. The SMILES string of the molecule is Cc1cnc(C(=O)NC(C)CCc2cnc(C(=O)NCCC(=O)N3CCCCC3)s2)s1. The molecule has 8 nitrogen and oxygen atoms in total. The zero-order valence-electron chi connectivity index (χ0n) is 18.0. The third-order valence-corrected chi connectivity index (χ3v) is 7.07. The Morgan fingerprint density at radius 1 is 1.06 bits per heavy atom. The fourth-order valence-corrected chi connectivity index (χ4v) is 4.88. The van der Waals surface area contributed by atoms with Gasteiger partial charge in [0.1, 0.15) is 0 Å². The predicted molar refractivity (Wildman–Crippen MR) is 122 cm³/mol. The average molecular weight is 464 g/mol. The first-order chi connectivity index (χ1) is 14.9. The largest absolute Gasteiger partial charge is 0.349 e. The van der Waals surface area contributed by atoms with Crippen LogP contribution in [-0.4, -0.2) is 58.3 Å². The van der Waals surface area contributed by atoms with Gasteiger partial charge in [0.25, 0.3) is 11.8 Å². The van der Waals surface area contributed by atoms with Crippen LogP contribution in [0.3, 0.4) is 0 Å².